The van der Waals surface area contributed by atoms with Crippen LogP contribution in [0.5, 0.6) is 5.75 Å². The number of nitrogens with zero attached hydrogens (tertiary/aromatic N) is 2. The van der Waals surface area contributed by atoms with E-state index in [0.29, 0.717) is 34.9 Å². The third-order valence-corrected chi connectivity index (χ3v) is 4.38. The van der Waals surface area contributed by atoms with E-state index in [4.69, 9.17) is 9.15 Å². The molecule has 1 heterocycles. The van der Waals surface area contributed by atoms with Crippen molar-refractivity contribution in [3.05, 3.63) is 76.0 Å². The number of ether oxygens (including phenoxy) is 1. The highest BCUT2D eigenvalue weighted by atomic mass is 16.6. The number of furan rings is 1. The van der Waals surface area contributed by atoms with Gasteiger partial charge in [-0.2, -0.15) is 5.10 Å². The molecular formula is C22H20N4O6. The van der Waals surface area contributed by atoms with Gasteiger partial charge in [0.2, 0.25) is 0 Å². The largest absolute Gasteiger partial charge is 0.494 e. The van der Waals surface area contributed by atoms with Gasteiger partial charge >= 0.3 is 11.8 Å². The van der Waals surface area contributed by atoms with Crippen LogP contribution in [0.1, 0.15) is 18.2 Å². The summed E-state index contributed by atoms with van der Waals surface area (Å²) in [5.74, 6) is -0.502. The van der Waals surface area contributed by atoms with Crippen molar-refractivity contribution in [2.45, 2.75) is 13.8 Å². The van der Waals surface area contributed by atoms with E-state index in [1.165, 1.54) is 12.3 Å². The molecule has 0 bridgehead atoms. The highest BCUT2D eigenvalue weighted by Crippen LogP contribution is 2.30. The van der Waals surface area contributed by atoms with Gasteiger partial charge in [0, 0.05) is 22.9 Å². The number of anilines is 1. The van der Waals surface area contributed by atoms with E-state index in [9.17, 15) is 19.7 Å². The Kier molecular flexibility index (Phi) is 6.96. The third kappa shape index (κ3) is 5.36. The summed E-state index contributed by atoms with van der Waals surface area (Å²) >= 11 is 0. The molecule has 2 aromatic carbocycles. The van der Waals surface area contributed by atoms with E-state index in [2.05, 4.69) is 15.8 Å². The minimum atomic E-state index is -0.962. The van der Waals surface area contributed by atoms with Crippen molar-refractivity contribution in [2.24, 2.45) is 5.10 Å². The average molecular weight is 436 g/mol. The minimum Gasteiger partial charge on any atom is -0.494 e. The Labute approximate surface area is 183 Å². The fourth-order valence-corrected chi connectivity index (χ4v) is 2.85. The first-order chi connectivity index (χ1) is 15.4. The van der Waals surface area contributed by atoms with Crippen LogP contribution in [-0.4, -0.2) is 29.6 Å². The van der Waals surface area contributed by atoms with Gasteiger partial charge in [-0.25, -0.2) is 5.43 Å². The monoisotopic (exact) mass is 436 g/mol. The van der Waals surface area contributed by atoms with Crippen LogP contribution < -0.4 is 15.5 Å². The zero-order chi connectivity index (χ0) is 23.1. The van der Waals surface area contributed by atoms with Crippen LogP contribution in [0.25, 0.3) is 11.3 Å². The molecule has 0 radical (unpaired) electrons. The Bertz CT molecular complexity index is 1170. The van der Waals surface area contributed by atoms with Crippen LogP contribution in [0.2, 0.25) is 0 Å². The number of nitrogens with one attached hydrogen (secondary N) is 2. The molecule has 0 saturated carbocycles. The first-order valence-corrected chi connectivity index (χ1v) is 9.60. The summed E-state index contributed by atoms with van der Waals surface area (Å²) in [6.45, 7) is 4.01. The lowest BCUT2D eigenvalue weighted by molar-refractivity contribution is -0.385. The standard InChI is InChI=1S/C22H20N4O6/c1-3-31-16-9-7-15(8-10-16)24-21(27)22(28)25-23-13-17-11-12-20(32-17)18-5-4-6-19(14(18)2)26(29)30/h4-13H,3H2,1-2H3,(H,24,27)(H,25,28). The number of benzene rings is 2. The van der Waals surface area contributed by atoms with Crippen molar-refractivity contribution < 1.29 is 23.7 Å². The van der Waals surface area contributed by atoms with Gasteiger partial charge in [0.05, 0.1) is 17.7 Å². The molecule has 10 heteroatoms. The topological polar surface area (TPSA) is 136 Å². The number of hydrogen-bond acceptors (Lipinski definition) is 7. The van der Waals surface area contributed by atoms with Gasteiger partial charge in [0.1, 0.15) is 17.3 Å². The van der Waals surface area contributed by atoms with Gasteiger partial charge in [-0.15, -0.1) is 0 Å². The third-order valence-electron chi connectivity index (χ3n) is 4.38. The lowest BCUT2D eigenvalue weighted by atomic mass is 10.1. The lowest BCUT2D eigenvalue weighted by Gasteiger charge is -2.06. The van der Waals surface area contributed by atoms with Crippen molar-refractivity contribution in [1.29, 1.82) is 0 Å². The Hall–Kier alpha value is -4.47. The van der Waals surface area contributed by atoms with Gasteiger partial charge in [0.15, 0.2) is 0 Å². The molecule has 2 N–H and O–H groups in total. The number of nitro groups is 1. The molecule has 0 saturated heterocycles. The van der Waals surface area contributed by atoms with Gasteiger partial charge in [-0.05, 0) is 50.2 Å². The van der Waals surface area contributed by atoms with Gasteiger partial charge in [-0.1, -0.05) is 12.1 Å². The van der Waals surface area contributed by atoms with Crippen LogP contribution in [0.4, 0.5) is 11.4 Å². The van der Waals surface area contributed by atoms with Crippen molar-refractivity contribution in [2.75, 3.05) is 11.9 Å². The van der Waals surface area contributed by atoms with Gasteiger partial charge in [-0.3, -0.25) is 19.7 Å². The van der Waals surface area contributed by atoms with Crippen molar-refractivity contribution in [3.8, 4) is 17.1 Å². The molecule has 32 heavy (non-hydrogen) atoms. The summed E-state index contributed by atoms with van der Waals surface area (Å²) in [5.41, 5.74) is 3.56. The summed E-state index contributed by atoms with van der Waals surface area (Å²) in [5, 5.41) is 17.3. The van der Waals surface area contributed by atoms with Crippen LogP contribution in [0.3, 0.4) is 0 Å². The van der Waals surface area contributed by atoms with Crippen LogP contribution in [0.15, 0.2) is 64.1 Å². The summed E-state index contributed by atoms with van der Waals surface area (Å²) < 4.78 is 10.9. The summed E-state index contributed by atoms with van der Waals surface area (Å²) in [6.07, 6.45) is 1.22. The van der Waals surface area contributed by atoms with E-state index < -0.39 is 16.7 Å². The van der Waals surface area contributed by atoms with Crippen molar-refractivity contribution >= 4 is 29.4 Å². The molecule has 0 atom stereocenters. The molecule has 164 valence electrons. The van der Waals surface area contributed by atoms with E-state index in [1.54, 1.807) is 55.5 Å². The Morgan fingerprint density at radius 2 is 1.88 bits per heavy atom. The number of rotatable bonds is 7. The van der Waals surface area contributed by atoms with E-state index in [0.717, 1.165) is 0 Å². The first kappa shape index (κ1) is 22.2. The number of hydrazone groups is 1. The fourth-order valence-electron chi connectivity index (χ4n) is 2.85. The summed E-state index contributed by atoms with van der Waals surface area (Å²) in [4.78, 5) is 34.5. The molecule has 0 spiro atoms. The summed E-state index contributed by atoms with van der Waals surface area (Å²) in [7, 11) is 0. The second-order valence-corrected chi connectivity index (χ2v) is 6.52. The second-order valence-electron chi connectivity index (χ2n) is 6.52. The minimum absolute atomic E-state index is 0.0140. The molecule has 1 aromatic heterocycles. The zero-order valence-corrected chi connectivity index (χ0v) is 17.3. The highest BCUT2D eigenvalue weighted by molar-refractivity contribution is 6.39. The van der Waals surface area contributed by atoms with Crippen LogP contribution in [-0.2, 0) is 9.59 Å². The smallest absolute Gasteiger partial charge is 0.329 e. The molecule has 3 aromatic rings. The number of carbonyl (C=O) groups is 2. The van der Waals surface area contributed by atoms with E-state index >= 15 is 0 Å². The van der Waals surface area contributed by atoms with Crippen molar-refractivity contribution in [1.82, 2.24) is 5.43 Å². The fraction of sp³-hybridized carbons (Fsp3) is 0.136. The molecular weight excluding hydrogens is 416 g/mol. The Morgan fingerprint density at radius 3 is 2.56 bits per heavy atom. The molecule has 0 aliphatic heterocycles. The number of hydrogen-bond donors (Lipinski definition) is 2. The van der Waals surface area contributed by atoms with Crippen molar-refractivity contribution in [3.63, 3.8) is 0 Å². The first-order valence-electron chi connectivity index (χ1n) is 9.60. The maximum Gasteiger partial charge on any atom is 0.329 e. The maximum atomic E-state index is 12.0. The molecule has 2 amide bonds. The quantitative estimate of drug-likeness (QED) is 0.251. The van der Waals surface area contributed by atoms with Gasteiger partial charge < -0.3 is 14.5 Å². The normalized spacial score (nSPS) is 10.7. The van der Waals surface area contributed by atoms with Crippen LogP contribution in [0, 0.1) is 17.0 Å². The van der Waals surface area contributed by atoms with Gasteiger partial charge in [0.25, 0.3) is 5.69 Å². The average Bonchev–Trinajstić information content (AvgIpc) is 3.23. The maximum absolute atomic E-state index is 12.0. The molecule has 0 aliphatic carbocycles. The number of nitro benzene ring substituents is 1. The SMILES string of the molecule is CCOc1ccc(NC(=O)C(=O)NN=Cc2ccc(-c3cccc([N+](=O)[O-])c3C)o2)cc1. The van der Waals surface area contributed by atoms with E-state index in [-0.39, 0.29) is 11.4 Å². The predicted octanol–water partition coefficient (Wildman–Crippen LogP) is 3.65. The molecule has 0 aliphatic rings. The number of amides is 2. The molecule has 3 rings (SSSR count). The predicted molar refractivity (Wildman–Crippen MR) is 118 cm³/mol. The zero-order valence-electron chi connectivity index (χ0n) is 17.3. The Balaban J connectivity index is 1.59. The summed E-state index contributed by atoms with van der Waals surface area (Å²) in [6, 6.07) is 14.5. The van der Waals surface area contributed by atoms with E-state index in [1.807, 2.05) is 6.92 Å². The molecule has 0 fully saturated rings. The highest BCUT2D eigenvalue weighted by Gasteiger charge is 2.16. The van der Waals surface area contributed by atoms with Crippen LogP contribution >= 0.6 is 0 Å². The molecule has 10 nitrogen and oxygen atoms in total. The Morgan fingerprint density at radius 1 is 1.12 bits per heavy atom. The second kappa shape index (κ2) is 10.0. The lowest BCUT2D eigenvalue weighted by Crippen LogP contribution is -2.32. The molecule has 0 unspecified atom stereocenters. The number of carbonyl (C=O) groups excluding carboxylic acids is 2.